The zero-order chi connectivity index (χ0) is 16.9. The smallest absolute Gasteiger partial charge is 0.330 e. The van der Waals surface area contributed by atoms with Gasteiger partial charge in [0.05, 0.1) is 0 Å². The second-order valence-corrected chi connectivity index (χ2v) is 6.28. The van der Waals surface area contributed by atoms with Crippen molar-refractivity contribution >= 4 is 17.8 Å². The molecule has 0 aromatic heterocycles. The fraction of sp³-hybridized carbons (Fsp3) is 0.421. The average molecular weight is 327 g/mol. The highest BCUT2D eigenvalue weighted by Crippen LogP contribution is 2.23. The van der Waals surface area contributed by atoms with Crippen LogP contribution >= 0.6 is 0 Å². The fourth-order valence-corrected chi connectivity index (χ4v) is 3.26. The lowest BCUT2D eigenvalue weighted by Gasteiger charge is -2.28. The summed E-state index contributed by atoms with van der Waals surface area (Å²) < 4.78 is 5.62. The van der Waals surface area contributed by atoms with Gasteiger partial charge >= 0.3 is 5.97 Å². The molecule has 1 unspecified atom stereocenters. The van der Waals surface area contributed by atoms with Crippen LogP contribution in [-0.2, 0) is 25.5 Å². The maximum absolute atomic E-state index is 12.7. The summed E-state index contributed by atoms with van der Waals surface area (Å²) in [5.74, 6) is -1.40. The van der Waals surface area contributed by atoms with Gasteiger partial charge in [-0.3, -0.25) is 14.5 Å². The van der Waals surface area contributed by atoms with Crippen molar-refractivity contribution in [3.63, 3.8) is 0 Å². The van der Waals surface area contributed by atoms with Crippen molar-refractivity contribution in [2.24, 2.45) is 0 Å². The summed E-state index contributed by atoms with van der Waals surface area (Å²) >= 11 is 0. The Kier molecular flexibility index (Phi) is 5.08. The second-order valence-electron chi connectivity index (χ2n) is 6.28. The minimum atomic E-state index is -0.913. The lowest BCUT2D eigenvalue weighted by molar-refractivity contribution is -0.162. The normalized spacial score (nSPS) is 19.6. The van der Waals surface area contributed by atoms with Gasteiger partial charge in [-0.25, -0.2) is 4.79 Å². The third kappa shape index (κ3) is 3.72. The van der Waals surface area contributed by atoms with E-state index in [-0.39, 0.29) is 12.5 Å². The van der Waals surface area contributed by atoms with Crippen molar-refractivity contribution < 1.29 is 19.1 Å². The van der Waals surface area contributed by atoms with E-state index in [1.54, 1.807) is 0 Å². The second kappa shape index (κ2) is 7.43. The molecular weight excluding hydrogens is 306 g/mol. The van der Waals surface area contributed by atoms with Crippen LogP contribution in [0, 0.1) is 0 Å². The maximum atomic E-state index is 12.7. The summed E-state index contributed by atoms with van der Waals surface area (Å²) in [6.45, 7) is 0. The number of nitrogens with zero attached hydrogens (tertiary/aromatic N) is 1. The molecule has 1 aromatic rings. The van der Waals surface area contributed by atoms with Gasteiger partial charge in [0, 0.05) is 18.6 Å². The van der Waals surface area contributed by atoms with Gasteiger partial charge in [-0.05, 0) is 31.2 Å². The summed E-state index contributed by atoms with van der Waals surface area (Å²) in [6, 6.07) is 8.45. The van der Waals surface area contributed by atoms with Crippen LogP contribution in [-0.4, -0.2) is 34.8 Å². The monoisotopic (exact) mass is 327 g/mol. The predicted octanol–water partition coefficient (Wildman–Crippen LogP) is 2.40. The summed E-state index contributed by atoms with van der Waals surface area (Å²) in [4.78, 5) is 37.8. The summed E-state index contributed by atoms with van der Waals surface area (Å²) in [7, 11) is 0. The third-order valence-corrected chi connectivity index (χ3v) is 4.53. The van der Waals surface area contributed by atoms with E-state index in [1.807, 2.05) is 30.3 Å². The van der Waals surface area contributed by atoms with Crippen LogP contribution in [0.1, 0.15) is 37.7 Å². The minimum Gasteiger partial charge on any atom is -0.461 e. The fourth-order valence-electron chi connectivity index (χ4n) is 3.26. The molecule has 1 aromatic carbocycles. The first-order valence-corrected chi connectivity index (χ1v) is 8.45. The Labute approximate surface area is 141 Å². The van der Waals surface area contributed by atoms with Crippen LogP contribution in [0.5, 0.6) is 0 Å². The molecule has 0 N–H and O–H groups in total. The average Bonchev–Trinajstić information content (AvgIpc) is 2.93. The molecule has 3 rings (SSSR count). The molecule has 126 valence electrons. The molecule has 1 fully saturated rings. The van der Waals surface area contributed by atoms with E-state index in [0.717, 1.165) is 42.6 Å². The van der Waals surface area contributed by atoms with Crippen LogP contribution in [0.4, 0.5) is 0 Å². The molecule has 0 spiro atoms. The van der Waals surface area contributed by atoms with Gasteiger partial charge in [0.25, 0.3) is 11.8 Å². The zero-order valence-corrected chi connectivity index (χ0v) is 13.5. The Morgan fingerprint density at radius 1 is 1.04 bits per heavy atom. The van der Waals surface area contributed by atoms with Gasteiger partial charge in [-0.2, -0.15) is 0 Å². The van der Waals surface area contributed by atoms with Gasteiger partial charge in [0.1, 0.15) is 12.1 Å². The molecule has 0 saturated heterocycles. The van der Waals surface area contributed by atoms with E-state index in [4.69, 9.17) is 4.74 Å². The largest absolute Gasteiger partial charge is 0.461 e. The van der Waals surface area contributed by atoms with Gasteiger partial charge < -0.3 is 4.74 Å². The molecule has 1 aliphatic carbocycles. The van der Waals surface area contributed by atoms with Crippen LogP contribution in [0.3, 0.4) is 0 Å². The number of imide groups is 1. The van der Waals surface area contributed by atoms with E-state index in [1.165, 1.54) is 12.2 Å². The van der Waals surface area contributed by atoms with E-state index >= 15 is 0 Å². The molecule has 1 aliphatic heterocycles. The maximum Gasteiger partial charge on any atom is 0.330 e. The van der Waals surface area contributed by atoms with Crippen LogP contribution in [0.15, 0.2) is 42.5 Å². The Balaban J connectivity index is 1.77. The molecule has 24 heavy (non-hydrogen) atoms. The molecule has 5 nitrogen and oxygen atoms in total. The number of amides is 2. The first-order valence-electron chi connectivity index (χ1n) is 8.45. The van der Waals surface area contributed by atoms with Crippen molar-refractivity contribution in [3.05, 3.63) is 48.0 Å². The molecule has 2 aliphatic rings. The topological polar surface area (TPSA) is 63.7 Å². The summed E-state index contributed by atoms with van der Waals surface area (Å²) in [6.07, 6.45) is 7.52. The minimum absolute atomic E-state index is 0.106. The number of rotatable bonds is 5. The zero-order valence-electron chi connectivity index (χ0n) is 13.5. The molecule has 1 atom stereocenters. The number of carbonyl (C=O) groups is 3. The lowest BCUT2D eigenvalue weighted by Crippen LogP contribution is -2.48. The number of hydrogen-bond donors (Lipinski definition) is 0. The van der Waals surface area contributed by atoms with Crippen molar-refractivity contribution in [2.75, 3.05) is 0 Å². The highest BCUT2D eigenvalue weighted by molar-refractivity contribution is 6.14. The van der Waals surface area contributed by atoms with Gasteiger partial charge in [0.15, 0.2) is 0 Å². The molecule has 1 heterocycles. The molecule has 5 heteroatoms. The molecule has 1 saturated carbocycles. The van der Waals surface area contributed by atoms with Crippen molar-refractivity contribution in [2.45, 2.75) is 50.7 Å². The van der Waals surface area contributed by atoms with Crippen LogP contribution in [0.2, 0.25) is 0 Å². The number of hydrogen-bond acceptors (Lipinski definition) is 4. The van der Waals surface area contributed by atoms with Gasteiger partial charge in [-0.1, -0.05) is 36.8 Å². The van der Waals surface area contributed by atoms with Crippen LogP contribution in [0.25, 0.3) is 0 Å². The Bertz CT molecular complexity index is 629. The van der Waals surface area contributed by atoms with Gasteiger partial charge in [-0.15, -0.1) is 0 Å². The molecule has 2 amide bonds. The molecule has 0 bridgehead atoms. The Morgan fingerprint density at radius 3 is 2.29 bits per heavy atom. The number of carbonyl (C=O) groups excluding carboxylic acids is 3. The quantitative estimate of drug-likeness (QED) is 0.615. The van der Waals surface area contributed by atoms with Gasteiger partial charge in [0.2, 0.25) is 0 Å². The van der Waals surface area contributed by atoms with Crippen LogP contribution < -0.4 is 0 Å². The predicted molar refractivity (Wildman–Crippen MR) is 87.9 cm³/mol. The number of benzene rings is 1. The summed E-state index contributed by atoms with van der Waals surface area (Å²) in [5.41, 5.74) is 0.885. The van der Waals surface area contributed by atoms with E-state index in [2.05, 4.69) is 0 Å². The first-order chi connectivity index (χ1) is 11.6. The Hall–Kier alpha value is -2.43. The van der Waals surface area contributed by atoms with E-state index < -0.39 is 23.8 Å². The molecular formula is C19H21NO4. The first kappa shape index (κ1) is 16.4. The number of esters is 1. The SMILES string of the molecule is O=C(OC1CCCCC1)C(Cc1ccccc1)N1C(=O)C=CC1=O. The van der Waals surface area contributed by atoms with E-state index in [0.29, 0.717) is 0 Å². The highest BCUT2D eigenvalue weighted by Gasteiger charge is 2.37. The third-order valence-electron chi connectivity index (χ3n) is 4.53. The van der Waals surface area contributed by atoms with Crippen molar-refractivity contribution in [3.8, 4) is 0 Å². The van der Waals surface area contributed by atoms with E-state index in [9.17, 15) is 14.4 Å². The van der Waals surface area contributed by atoms with Crippen molar-refractivity contribution in [1.82, 2.24) is 4.90 Å². The lowest BCUT2D eigenvalue weighted by atomic mass is 9.97. The number of ether oxygens (including phenoxy) is 1. The standard InChI is InChI=1S/C19H21NO4/c21-17-11-12-18(22)20(17)16(13-14-7-3-1-4-8-14)19(23)24-15-9-5-2-6-10-15/h1,3-4,7-8,11-12,15-16H,2,5-6,9-10,13H2. The van der Waals surface area contributed by atoms with Crippen molar-refractivity contribution in [1.29, 1.82) is 0 Å². The Morgan fingerprint density at radius 2 is 1.67 bits per heavy atom. The highest BCUT2D eigenvalue weighted by atomic mass is 16.5. The summed E-state index contributed by atoms with van der Waals surface area (Å²) in [5, 5.41) is 0. The molecule has 0 radical (unpaired) electrons.